The Kier molecular flexibility index (Phi) is 6.18. The van der Waals surface area contributed by atoms with Gasteiger partial charge in [-0.25, -0.2) is 9.48 Å². The van der Waals surface area contributed by atoms with E-state index < -0.39 is 11.7 Å². The van der Waals surface area contributed by atoms with Gasteiger partial charge in [0.2, 0.25) is 0 Å². The molecule has 152 valence electrons. The van der Waals surface area contributed by atoms with Gasteiger partial charge in [-0.15, -0.1) is 5.10 Å². The lowest BCUT2D eigenvalue weighted by Crippen LogP contribution is -2.36. The fraction of sp³-hybridized carbons (Fsp3) is 0.500. The Balaban J connectivity index is 1.39. The van der Waals surface area contributed by atoms with E-state index in [1.807, 2.05) is 6.92 Å². The van der Waals surface area contributed by atoms with Crippen LogP contribution in [-0.2, 0) is 17.5 Å². The number of nitrogens with one attached hydrogen (secondary N) is 2. The highest BCUT2D eigenvalue weighted by Gasteiger charge is 2.30. The van der Waals surface area contributed by atoms with Crippen LogP contribution in [0.3, 0.4) is 0 Å². The van der Waals surface area contributed by atoms with E-state index in [-0.39, 0.29) is 24.5 Å². The van der Waals surface area contributed by atoms with Crippen LogP contribution in [0, 0.1) is 0 Å². The number of ether oxygens (including phenoxy) is 1. The molecule has 0 aliphatic carbocycles. The first-order valence-electron chi connectivity index (χ1n) is 9.00. The number of carbonyl (C=O) groups is 1. The minimum Gasteiger partial charge on any atom is -0.377 e. The van der Waals surface area contributed by atoms with Crippen molar-refractivity contribution in [2.24, 2.45) is 0 Å². The minimum atomic E-state index is -4.36. The van der Waals surface area contributed by atoms with Crippen molar-refractivity contribution in [3.63, 3.8) is 0 Å². The van der Waals surface area contributed by atoms with E-state index in [9.17, 15) is 18.0 Å². The van der Waals surface area contributed by atoms with Crippen LogP contribution in [-0.4, -0.2) is 40.8 Å². The number of rotatable bonds is 7. The van der Waals surface area contributed by atoms with Crippen LogP contribution in [0.1, 0.15) is 42.1 Å². The van der Waals surface area contributed by atoms with Crippen molar-refractivity contribution in [2.45, 2.75) is 38.0 Å². The lowest BCUT2D eigenvalue weighted by Gasteiger charge is -2.25. The molecule has 3 rings (SSSR count). The maximum atomic E-state index is 12.8. The average Bonchev–Trinajstić information content (AvgIpc) is 3.06. The fourth-order valence-corrected chi connectivity index (χ4v) is 2.77. The summed E-state index contributed by atoms with van der Waals surface area (Å²) in [6, 6.07) is 5.11. The third-order valence-corrected chi connectivity index (χ3v) is 4.63. The van der Waals surface area contributed by atoms with Gasteiger partial charge in [0, 0.05) is 6.54 Å². The Bertz CT molecular complexity index is 805. The van der Waals surface area contributed by atoms with Gasteiger partial charge in [-0.3, -0.25) is 0 Å². The lowest BCUT2D eigenvalue weighted by molar-refractivity contribution is -0.137. The predicted molar refractivity (Wildman–Crippen MR) is 94.6 cm³/mol. The first kappa shape index (κ1) is 20.1. The number of hydrogen-bond acceptors (Lipinski definition) is 4. The first-order valence-corrected chi connectivity index (χ1v) is 9.00. The van der Waals surface area contributed by atoms with Crippen LogP contribution in [0.2, 0.25) is 0 Å². The third-order valence-electron chi connectivity index (χ3n) is 4.63. The molecule has 1 aromatic carbocycles. The smallest absolute Gasteiger partial charge is 0.377 e. The van der Waals surface area contributed by atoms with Gasteiger partial charge in [0.25, 0.3) is 0 Å². The molecule has 0 spiro atoms. The summed E-state index contributed by atoms with van der Waals surface area (Å²) in [5.74, 6) is -0.118. The Hall–Kier alpha value is -2.62. The summed E-state index contributed by atoms with van der Waals surface area (Å²) < 4.78 is 45.2. The Labute approximate surface area is 160 Å². The van der Waals surface area contributed by atoms with Crippen molar-refractivity contribution in [3.05, 3.63) is 47.3 Å². The summed E-state index contributed by atoms with van der Waals surface area (Å²) in [5, 5.41) is 13.4. The van der Waals surface area contributed by atoms with Crippen molar-refractivity contribution in [3.8, 4) is 0 Å². The highest BCUT2D eigenvalue weighted by molar-refractivity contribution is 5.73. The van der Waals surface area contributed by atoms with Crippen molar-refractivity contribution in [1.29, 1.82) is 0 Å². The SMILES string of the molecule is CC(CCNC(=O)NCc1cn(C2COC2)nn1)c1cccc(C(F)(F)F)c1. The molecule has 1 atom stereocenters. The van der Waals surface area contributed by atoms with Gasteiger partial charge in [0.05, 0.1) is 31.5 Å². The van der Waals surface area contributed by atoms with Crippen LogP contribution < -0.4 is 10.6 Å². The molecular formula is C18H22F3N5O2. The molecule has 10 heteroatoms. The van der Waals surface area contributed by atoms with Gasteiger partial charge in [0.1, 0.15) is 11.7 Å². The third kappa shape index (κ3) is 5.22. The molecule has 2 amide bonds. The van der Waals surface area contributed by atoms with E-state index >= 15 is 0 Å². The molecule has 2 N–H and O–H groups in total. The predicted octanol–water partition coefficient (Wildman–Crippen LogP) is 2.86. The molecule has 1 unspecified atom stereocenters. The zero-order chi connectivity index (χ0) is 20.1. The maximum absolute atomic E-state index is 12.8. The molecule has 28 heavy (non-hydrogen) atoms. The van der Waals surface area contributed by atoms with Gasteiger partial charge < -0.3 is 15.4 Å². The minimum absolute atomic E-state index is 0.118. The summed E-state index contributed by atoms with van der Waals surface area (Å²) >= 11 is 0. The van der Waals surface area contributed by atoms with Gasteiger partial charge >= 0.3 is 12.2 Å². The molecule has 1 fully saturated rings. The van der Waals surface area contributed by atoms with Crippen LogP contribution in [0.25, 0.3) is 0 Å². The second-order valence-electron chi connectivity index (χ2n) is 6.80. The summed E-state index contributed by atoms with van der Waals surface area (Å²) in [6.07, 6.45) is -2.07. The molecule has 1 aliphatic rings. The van der Waals surface area contributed by atoms with E-state index in [2.05, 4.69) is 20.9 Å². The van der Waals surface area contributed by atoms with Gasteiger partial charge in [-0.1, -0.05) is 30.3 Å². The highest BCUT2D eigenvalue weighted by atomic mass is 19.4. The Morgan fingerprint density at radius 2 is 2.14 bits per heavy atom. The quantitative estimate of drug-likeness (QED) is 0.753. The molecule has 0 saturated carbocycles. The summed E-state index contributed by atoms with van der Waals surface area (Å²) in [6.45, 7) is 3.64. The summed E-state index contributed by atoms with van der Waals surface area (Å²) in [4.78, 5) is 11.9. The van der Waals surface area contributed by atoms with E-state index in [1.165, 1.54) is 6.07 Å². The Morgan fingerprint density at radius 1 is 1.36 bits per heavy atom. The topological polar surface area (TPSA) is 81.1 Å². The van der Waals surface area contributed by atoms with E-state index in [4.69, 9.17) is 4.74 Å². The number of amides is 2. The molecule has 1 saturated heterocycles. The number of halogens is 3. The van der Waals surface area contributed by atoms with Gasteiger partial charge in [0.15, 0.2) is 0 Å². The number of aromatic nitrogens is 3. The molecule has 1 aliphatic heterocycles. The standard InChI is InChI=1S/C18H22F3N5O2/c1-12(13-3-2-4-14(7-13)18(19,20)21)5-6-22-17(27)23-8-15-9-26(25-24-15)16-10-28-11-16/h2-4,7,9,12,16H,5-6,8,10-11H2,1H3,(H2,22,23,27). The van der Waals surface area contributed by atoms with Crippen molar-refractivity contribution in [2.75, 3.05) is 19.8 Å². The molecule has 1 aromatic heterocycles. The van der Waals surface area contributed by atoms with Gasteiger partial charge in [-0.05, 0) is 24.0 Å². The fourth-order valence-electron chi connectivity index (χ4n) is 2.77. The Morgan fingerprint density at radius 3 is 2.82 bits per heavy atom. The van der Waals surface area contributed by atoms with Crippen molar-refractivity contribution < 1.29 is 22.7 Å². The molecule has 2 aromatic rings. The molecule has 0 bridgehead atoms. The number of nitrogens with zero attached hydrogens (tertiary/aromatic N) is 3. The second kappa shape index (κ2) is 8.59. The summed E-state index contributed by atoms with van der Waals surface area (Å²) in [5.41, 5.74) is 0.567. The normalized spacial score (nSPS) is 15.7. The van der Waals surface area contributed by atoms with Crippen LogP contribution >= 0.6 is 0 Å². The largest absolute Gasteiger partial charge is 0.416 e. The number of alkyl halides is 3. The lowest BCUT2D eigenvalue weighted by atomic mass is 9.96. The van der Waals surface area contributed by atoms with E-state index in [0.717, 1.165) is 12.1 Å². The maximum Gasteiger partial charge on any atom is 0.416 e. The monoisotopic (exact) mass is 397 g/mol. The molecular weight excluding hydrogens is 375 g/mol. The van der Waals surface area contributed by atoms with Crippen molar-refractivity contribution in [1.82, 2.24) is 25.6 Å². The zero-order valence-electron chi connectivity index (χ0n) is 15.4. The molecule has 2 heterocycles. The van der Waals surface area contributed by atoms with Crippen LogP contribution in [0.4, 0.5) is 18.0 Å². The number of benzene rings is 1. The van der Waals surface area contributed by atoms with E-state index in [1.54, 1.807) is 16.9 Å². The first-order chi connectivity index (χ1) is 13.3. The van der Waals surface area contributed by atoms with Crippen LogP contribution in [0.5, 0.6) is 0 Å². The van der Waals surface area contributed by atoms with E-state index in [0.29, 0.717) is 37.4 Å². The van der Waals surface area contributed by atoms with Gasteiger partial charge in [-0.2, -0.15) is 13.2 Å². The average molecular weight is 397 g/mol. The molecule has 7 nitrogen and oxygen atoms in total. The second-order valence-corrected chi connectivity index (χ2v) is 6.80. The number of urea groups is 1. The molecule has 0 radical (unpaired) electrons. The summed E-state index contributed by atoms with van der Waals surface area (Å²) in [7, 11) is 0. The van der Waals surface area contributed by atoms with Crippen molar-refractivity contribution >= 4 is 6.03 Å². The van der Waals surface area contributed by atoms with Crippen LogP contribution in [0.15, 0.2) is 30.5 Å². The zero-order valence-corrected chi connectivity index (χ0v) is 15.4. The number of carbonyl (C=O) groups excluding carboxylic acids is 1. The number of hydrogen-bond donors (Lipinski definition) is 2. The highest BCUT2D eigenvalue weighted by Crippen LogP contribution is 2.31.